The summed E-state index contributed by atoms with van der Waals surface area (Å²) in [5, 5.41) is 0. The second-order valence-corrected chi connectivity index (χ2v) is 5.26. The van der Waals surface area contributed by atoms with Gasteiger partial charge in [-0.15, -0.1) is 0 Å². The molecule has 0 saturated carbocycles. The van der Waals surface area contributed by atoms with E-state index in [1.54, 1.807) is 11.9 Å². The zero-order valence-corrected chi connectivity index (χ0v) is 12.1. The van der Waals surface area contributed by atoms with Gasteiger partial charge in [-0.25, -0.2) is 0 Å². The van der Waals surface area contributed by atoms with Crippen molar-refractivity contribution < 1.29 is 9.53 Å². The van der Waals surface area contributed by atoms with E-state index in [1.165, 1.54) is 0 Å². The molecule has 2 unspecified atom stereocenters. The lowest BCUT2D eigenvalue weighted by Gasteiger charge is -2.21. The Balaban J connectivity index is 1.78. The maximum Gasteiger partial charge on any atom is 0.229 e. The summed E-state index contributed by atoms with van der Waals surface area (Å²) < 4.78 is 5.70. The average molecular weight is 274 g/mol. The number of benzene rings is 1. The number of hydrogen-bond donors (Lipinski definition) is 1. The number of aryl methyl sites for hydroxylation is 1. The molecule has 0 bridgehead atoms. The normalized spacial score (nSPS) is 20.9. The Kier molecular flexibility index (Phi) is 4.79. The Morgan fingerprint density at radius 3 is 2.80 bits per heavy atom. The van der Waals surface area contributed by atoms with Gasteiger partial charge >= 0.3 is 0 Å². The fourth-order valence-electron chi connectivity index (χ4n) is 2.31. The van der Waals surface area contributed by atoms with Crippen molar-refractivity contribution in [3.63, 3.8) is 0 Å². The van der Waals surface area contributed by atoms with E-state index in [9.17, 15) is 4.79 Å². The number of carbonyl (C=O) groups excluding carboxylic acids is 1. The molecule has 1 aliphatic rings. The van der Waals surface area contributed by atoms with E-state index in [1.807, 2.05) is 43.3 Å². The lowest BCUT2D eigenvalue weighted by Crippen LogP contribution is -2.35. The van der Waals surface area contributed by atoms with Crippen molar-refractivity contribution in [2.75, 3.05) is 20.2 Å². The zero-order chi connectivity index (χ0) is 14.5. The molecule has 4 heteroatoms. The zero-order valence-electron chi connectivity index (χ0n) is 12.1. The summed E-state index contributed by atoms with van der Waals surface area (Å²) >= 11 is 0. The molecule has 0 aliphatic heterocycles. The number of amides is 1. The predicted octanol–water partition coefficient (Wildman–Crippen LogP) is 1.74. The molecule has 1 aliphatic carbocycles. The molecule has 1 aromatic rings. The van der Waals surface area contributed by atoms with Gasteiger partial charge in [0, 0.05) is 13.1 Å². The highest BCUT2D eigenvalue weighted by Gasteiger charge is 2.25. The minimum atomic E-state index is -0.0755. The Morgan fingerprint density at radius 2 is 2.15 bits per heavy atom. The Morgan fingerprint density at radius 1 is 1.40 bits per heavy atom. The third kappa shape index (κ3) is 3.61. The fraction of sp³-hybridized carbons (Fsp3) is 0.438. The van der Waals surface area contributed by atoms with Crippen molar-refractivity contribution in [1.29, 1.82) is 0 Å². The highest BCUT2D eigenvalue weighted by Crippen LogP contribution is 2.19. The van der Waals surface area contributed by atoms with Crippen LogP contribution >= 0.6 is 0 Å². The first-order valence-electron chi connectivity index (χ1n) is 6.95. The van der Waals surface area contributed by atoms with Crippen LogP contribution in [0.3, 0.4) is 0 Å². The van der Waals surface area contributed by atoms with Gasteiger partial charge in [-0.2, -0.15) is 0 Å². The largest absolute Gasteiger partial charge is 0.491 e. The van der Waals surface area contributed by atoms with Crippen LogP contribution in [0.5, 0.6) is 5.75 Å². The minimum absolute atomic E-state index is 0.0144. The fourth-order valence-corrected chi connectivity index (χ4v) is 2.31. The topological polar surface area (TPSA) is 55.6 Å². The summed E-state index contributed by atoms with van der Waals surface area (Å²) in [6, 6.07) is 7.89. The number of para-hydroxylation sites is 1. The van der Waals surface area contributed by atoms with Gasteiger partial charge in [0.15, 0.2) is 0 Å². The van der Waals surface area contributed by atoms with Crippen LogP contribution < -0.4 is 10.5 Å². The molecule has 20 heavy (non-hydrogen) atoms. The Labute approximate surface area is 120 Å². The lowest BCUT2D eigenvalue weighted by molar-refractivity contribution is -0.133. The number of nitrogens with zero attached hydrogens (tertiary/aromatic N) is 1. The number of nitrogens with two attached hydrogens (primary N) is 1. The van der Waals surface area contributed by atoms with E-state index < -0.39 is 0 Å². The summed E-state index contributed by atoms with van der Waals surface area (Å²) in [6.07, 6.45) is 4.52. The SMILES string of the molecule is Cc1ccccc1OCCN(C)C(=O)C1C=CC(N)C1. The van der Waals surface area contributed by atoms with Crippen LogP contribution in [0.4, 0.5) is 0 Å². The van der Waals surface area contributed by atoms with Gasteiger partial charge in [0.1, 0.15) is 12.4 Å². The highest BCUT2D eigenvalue weighted by atomic mass is 16.5. The summed E-state index contributed by atoms with van der Waals surface area (Å²) in [4.78, 5) is 13.9. The van der Waals surface area contributed by atoms with E-state index in [4.69, 9.17) is 10.5 Å². The van der Waals surface area contributed by atoms with Crippen molar-refractivity contribution in [2.24, 2.45) is 11.7 Å². The van der Waals surface area contributed by atoms with Crippen LogP contribution in [-0.2, 0) is 4.79 Å². The third-order valence-electron chi connectivity index (χ3n) is 3.59. The van der Waals surface area contributed by atoms with E-state index in [0.717, 1.165) is 11.3 Å². The molecule has 2 N–H and O–H groups in total. The molecule has 0 heterocycles. The van der Waals surface area contributed by atoms with Crippen LogP contribution in [0.2, 0.25) is 0 Å². The van der Waals surface area contributed by atoms with Gasteiger partial charge in [-0.3, -0.25) is 4.79 Å². The first-order chi connectivity index (χ1) is 9.58. The van der Waals surface area contributed by atoms with E-state index >= 15 is 0 Å². The average Bonchev–Trinajstić information content (AvgIpc) is 2.86. The summed E-state index contributed by atoms with van der Waals surface area (Å²) in [5.41, 5.74) is 6.88. The number of ether oxygens (including phenoxy) is 1. The molecule has 0 fully saturated rings. The van der Waals surface area contributed by atoms with Crippen molar-refractivity contribution >= 4 is 5.91 Å². The van der Waals surface area contributed by atoms with E-state index in [-0.39, 0.29) is 17.9 Å². The smallest absolute Gasteiger partial charge is 0.229 e. The lowest BCUT2D eigenvalue weighted by atomic mass is 10.1. The van der Waals surface area contributed by atoms with Crippen LogP contribution in [0, 0.1) is 12.8 Å². The molecule has 1 aromatic carbocycles. The number of rotatable bonds is 5. The molecule has 2 atom stereocenters. The van der Waals surface area contributed by atoms with Crippen LogP contribution in [0.1, 0.15) is 12.0 Å². The van der Waals surface area contributed by atoms with Crippen molar-refractivity contribution in [3.8, 4) is 5.75 Å². The second kappa shape index (κ2) is 6.57. The van der Waals surface area contributed by atoms with Gasteiger partial charge in [-0.1, -0.05) is 30.4 Å². The summed E-state index contributed by atoms with van der Waals surface area (Å²) in [6.45, 7) is 3.08. The molecule has 0 aromatic heterocycles. The second-order valence-electron chi connectivity index (χ2n) is 5.26. The first-order valence-corrected chi connectivity index (χ1v) is 6.95. The van der Waals surface area contributed by atoms with Crippen LogP contribution in [0.25, 0.3) is 0 Å². The Hall–Kier alpha value is -1.81. The molecule has 0 spiro atoms. The highest BCUT2D eigenvalue weighted by molar-refractivity contribution is 5.81. The van der Waals surface area contributed by atoms with Crippen LogP contribution in [-0.4, -0.2) is 37.0 Å². The number of carbonyl (C=O) groups is 1. The Bertz CT molecular complexity index is 499. The predicted molar refractivity (Wildman–Crippen MR) is 79.5 cm³/mol. The maximum absolute atomic E-state index is 12.2. The summed E-state index contributed by atoms with van der Waals surface area (Å²) in [5.74, 6) is 0.909. The first kappa shape index (κ1) is 14.6. The van der Waals surface area contributed by atoms with Gasteiger partial charge < -0.3 is 15.4 Å². The molecular weight excluding hydrogens is 252 g/mol. The van der Waals surface area contributed by atoms with E-state index in [0.29, 0.717) is 19.6 Å². The minimum Gasteiger partial charge on any atom is -0.491 e. The van der Waals surface area contributed by atoms with Crippen molar-refractivity contribution in [3.05, 3.63) is 42.0 Å². The third-order valence-corrected chi connectivity index (χ3v) is 3.59. The molecule has 0 saturated heterocycles. The molecular formula is C16H22N2O2. The van der Waals surface area contributed by atoms with Gasteiger partial charge in [0.25, 0.3) is 0 Å². The van der Waals surface area contributed by atoms with E-state index in [2.05, 4.69) is 0 Å². The monoisotopic (exact) mass is 274 g/mol. The molecule has 1 amide bonds. The molecule has 4 nitrogen and oxygen atoms in total. The summed E-state index contributed by atoms with van der Waals surface area (Å²) in [7, 11) is 1.81. The number of hydrogen-bond acceptors (Lipinski definition) is 3. The van der Waals surface area contributed by atoms with Crippen LogP contribution in [0.15, 0.2) is 36.4 Å². The quantitative estimate of drug-likeness (QED) is 0.832. The van der Waals surface area contributed by atoms with Gasteiger partial charge in [0.05, 0.1) is 12.5 Å². The standard InChI is InChI=1S/C16H22N2O2/c1-12-5-3-4-6-15(12)20-10-9-18(2)16(19)13-7-8-14(17)11-13/h3-8,13-14H,9-11,17H2,1-2H3. The van der Waals surface area contributed by atoms with Gasteiger partial charge in [-0.05, 0) is 25.0 Å². The molecule has 108 valence electrons. The van der Waals surface area contributed by atoms with Gasteiger partial charge in [0.2, 0.25) is 5.91 Å². The number of likely N-dealkylation sites (N-methyl/N-ethyl adjacent to an activating group) is 1. The molecule has 0 radical (unpaired) electrons. The molecule has 2 rings (SSSR count). The van der Waals surface area contributed by atoms with Crippen molar-refractivity contribution in [1.82, 2.24) is 4.90 Å². The van der Waals surface area contributed by atoms with Crippen molar-refractivity contribution in [2.45, 2.75) is 19.4 Å². The maximum atomic E-state index is 12.2.